The number of piperazine rings is 1. The molecule has 1 aromatic rings. The highest BCUT2D eigenvalue weighted by Crippen LogP contribution is 2.22. The van der Waals surface area contributed by atoms with Gasteiger partial charge in [0.1, 0.15) is 4.99 Å². The highest BCUT2D eigenvalue weighted by Gasteiger charge is 2.22. The van der Waals surface area contributed by atoms with E-state index in [1.54, 1.807) is 0 Å². The van der Waals surface area contributed by atoms with Crippen molar-refractivity contribution in [2.75, 3.05) is 31.1 Å². The molecule has 1 saturated heterocycles. The number of aryl methyl sites for hydroxylation is 1. The van der Waals surface area contributed by atoms with Crippen molar-refractivity contribution < 1.29 is 0 Å². The number of benzene rings is 1. The van der Waals surface area contributed by atoms with Crippen LogP contribution in [0.3, 0.4) is 0 Å². The Balaban J connectivity index is 2.15. The van der Waals surface area contributed by atoms with E-state index in [0.29, 0.717) is 11.0 Å². The van der Waals surface area contributed by atoms with Crippen molar-refractivity contribution in [1.82, 2.24) is 4.90 Å². The molecule has 0 bridgehead atoms. The maximum absolute atomic E-state index is 5.71. The van der Waals surface area contributed by atoms with E-state index in [1.807, 2.05) is 6.07 Å². The molecular formula is C15H23N3S. The van der Waals surface area contributed by atoms with Crippen LogP contribution in [0, 0.1) is 6.92 Å². The number of hydrogen-bond acceptors (Lipinski definition) is 3. The summed E-state index contributed by atoms with van der Waals surface area (Å²) in [5.74, 6) is 0. The van der Waals surface area contributed by atoms with E-state index in [1.165, 1.54) is 5.69 Å². The van der Waals surface area contributed by atoms with Crippen molar-refractivity contribution in [3.63, 3.8) is 0 Å². The fourth-order valence-electron chi connectivity index (χ4n) is 2.82. The first kappa shape index (κ1) is 14.3. The highest BCUT2D eigenvalue weighted by molar-refractivity contribution is 7.80. The average molecular weight is 277 g/mol. The lowest BCUT2D eigenvalue weighted by atomic mass is 10.1. The summed E-state index contributed by atoms with van der Waals surface area (Å²) in [6, 6.07) is 6.98. The Labute approximate surface area is 121 Å². The van der Waals surface area contributed by atoms with Crippen molar-refractivity contribution >= 4 is 22.9 Å². The SMILES string of the molecule is CCN1CCN(c2ccc(C(N)=S)c(C)c2)CC1C. The molecule has 3 nitrogen and oxygen atoms in total. The van der Waals surface area contributed by atoms with Gasteiger partial charge >= 0.3 is 0 Å². The Bertz CT molecular complexity index is 472. The molecular weight excluding hydrogens is 254 g/mol. The summed E-state index contributed by atoms with van der Waals surface area (Å²) >= 11 is 5.06. The monoisotopic (exact) mass is 277 g/mol. The van der Waals surface area contributed by atoms with Gasteiger partial charge in [-0.15, -0.1) is 0 Å². The summed E-state index contributed by atoms with van der Waals surface area (Å²) in [4.78, 5) is 5.45. The lowest BCUT2D eigenvalue weighted by Gasteiger charge is -2.40. The molecule has 4 heteroatoms. The van der Waals surface area contributed by atoms with Crippen LogP contribution < -0.4 is 10.6 Å². The van der Waals surface area contributed by atoms with Gasteiger partial charge in [0.2, 0.25) is 0 Å². The number of hydrogen-bond donors (Lipinski definition) is 1. The van der Waals surface area contributed by atoms with Crippen LogP contribution in [-0.4, -0.2) is 42.1 Å². The molecule has 1 aliphatic rings. The first-order chi connectivity index (χ1) is 9.02. The van der Waals surface area contributed by atoms with Gasteiger partial charge in [-0.2, -0.15) is 0 Å². The maximum Gasteiger partial charge on any atom is 0.104 e. The van der Waals surface area contributed by atoms with Crippen LogP contribution in [0.2, 0.25) is 0 Å². The molecule has 104 valence electrons. The number of rotatable bonds is 3. The predicted octanol–water partition coefficient (Wildman–Crippen LogP) is 2.16. The van der Waals surface area contributed by atoms with Crippen LogP contribution in [0.25, 0.3) is 0 Å². The zero-order valence-corrected chi connectivity index (χ0v) is 12.8. The summed E-state index contributed by atoms with van der Waals surface area (Å²) in [5.41, 5.74) is 9.14. The molecule has 1 aliphatic heterocycles. The van der Waals surface area contributed by atoms with Crippen molar-refractivity contribution in [3.8, 4) is 0 Å². The summed E-state index contributed by atoms with van der Waals surface area (Å²) in [6.45, 7) is 11.0. The highest BCUT2D eigenvalue weighted by atomic mass is 32.1. The van der Waals surface area contributed by atoms with Gasteiger partial charge in [0.05, 0.1) is 0 Å². The van der Waals surface area contributed by atoms with E-state index in [2.05, 4.69) is 42.7 Å². The second kappa shape index (κ2) is 5.88. The average Bonchev–Trinajstić information content (AvgIpc) is 2.38. The first-order valence-electron chi connectivity index (χ1n) is 6.92. The normalized spacial score (nSPS) is 20.6. The Morgan fingerprint density at radius 1 is 1.42 bits per heavy atom. The lowest BCUT2D eigenvalue weighted by Crippen LogP contribution is -2.51. The molecule has 0 radical (unpaired) electrons. The van der Waals surface area contributed by atoms with Crippen molar-refractivity contribution in [2.24, 2.45) is 5.73 Å². The van der Waals surface area contributed by atoms with Crippen molar-refractivity contribution in [1.29, 1.82) is 0 Å². The Hall–Kier alpha value is -1.13. The van der Waals surface area contributed by atoms with E-state index >= 15 is 0 Å². The molecule has 1 aromatic carbocycles. The lowest BCUT2D eigenvalue weighted by molar-refractivity contribution is 0.199. The third-order valence-electron chi connectivity index (χ3n) is 4.01. The van der Waals surface area contributed by atoms with Crippen LogP contribution in [0.15, 0.2) is 18.2 Å². The van der Waals surface area contributed by atoms with Crippen LogP contribution >= 0.6 is 12.2 Å². The molecule has 0 saturated carbocycles. The fraction of sp³-hybridized carbons (Fsp3) is 0.533. The molecule has 1 heterocycles. The third kappa shape index (κ3) is 3.07. The van der Waals surface area contributed by atoms with Gasteiger partial charge in [0.15, 0.2) is 0 Å². The third-order valence-corrected chi connectivity index (χ3v) is 4.23. The Kier molecular flexibility index (Phi) is 4.42. The number of anilines is 1. The maximum atomic E-state index is 5.71. The van der Waals surface area contributed by atoms with Crippen LogP contribution in [0.1, 0.15) is 25.0 Å². The van der Waals surface area contributed by atoms with Crippen LogP contribution in [0.4, 0.5) is 5.69 Å². The summed E-state index contributed by atoms with van der Waals surface area (Å²) in [7, 11) is 0. The standard InChI is InChI=1S/C15H23N3S/c1-4-17-7-8-18(10-12(17)3)13-5-6-14(15(16)19)11(2)9-13/h5-6,9,12H,4,7-8,10H2,1-3H3,(H2,16,19). The van der Waals surface area contributed by atoms with Gasteiger partial charge in [-0.05, 0) is 44.2 Å². The molecule has 1 atom stereocenters. The molecule has 1 fully saturated rings. The minimum Gasteiger partial charge on any atom is -0.389 e. The first-order valence-corrected chi connectivity index (χ1v) is 7.33. The zero-order chi connectivity index (χ0) is 14.0. The molecule has 0 amide bonds. The van der Waals surface area contributed by atoms with Gasteiger partial charge < -0.3 is 10.6 Å². The van der Waals surface area contributed by atoms with Crippen LogP contribution in [-0.2, 0) is 0 Å². The second-order valence-corrected chi connectivity index (χ2v) is 5.73. The van der Waals surface area contributed by atoms with Crippen molar-refractivity contribution in [2.45, 2.75) is 26.8 Å². The van der Waals surface area contributed by atoms with E-state index < -0.39 is 0 Å². The van der Waals surface area contributed by atoms with Gasteiger partial charge in [-0.3, -0.25) is 4.90 Å². The minimum atomic E-state index is 0.480. The van der Waals surface area contributed by atoms with E-state index in [4.69, 9.17) is 18.0 Å². The summed E-state index contributed by atoms with van der Waals surface area (Å²) in [5, 5.41) is 0. The van der Waals surface area contributed by atoms with Gasteiger partial charge in [-0.25, -0.2) is 0 Å². The minimum absolute atomic E-state index is 0.480. The van der Waals surface area contributed by atoms with Crippen LogP contribution in [0.5, 0.6) is 0 Å². The summed E-state index contributed by atoms with van der Waals surface area (Å²) < 4.78 is 0. The van der Waals surface area contributed by atoms with E-state index in [-0.39, 0.29) is 0 Å². The smallest absolute Gasteiger partial charge is 0.104 e. The molecule has 0 spiro atoms. The Morgan fingerprint density at radius 2 is 2.16 bits per heavy atom. The largest absolute Gasteiger partial charge is 0.389 e. The van der Waals surface area contributed by atoms with Gasteiger partial charge in [-0.1, -0.05) is 19.1 Å². The summed E-state index contributed by atoms with van der Waals surface area (Å²) in [6.07, 6.45) is 0. The zero-order valence-electron chi connectivity index (χ0n) is 12.0. The Morgan fingerprint density at radius 3 is 2.68 bits per heavy atom. The van der Waals surface area contributed by atoms with Gasteiger partial charge in [0.25, 0.3) is 0 Å². The predicted molar refractivity (Wildman–Crippen MR) is 86.0 cm³/mol. The molecule has 0 aromatic heterocycles. The van der Waals surface area contributed by atoms with Crippen molar-refractivity contribution in [3.05, 3.63) is 29.3 Å². The van der Waals surface area contributed by atoms with Gasteiger partial charge in [0, 0.05) is 36.9 Å². The molecule has 1 unspecified atom stereocenters. The molecule has 2 rings (SSSR count). The topological polar surface area (TPSA) is 32.5 Å². The molecule has 0 aliphatic carbocycles. The quantitative estimate of drug-likeness (QED) is 0.858. The number of nitrogens with two attached hydrogens (primary N) is 1. The number of thiocarbonyl (C=S) groups is 1. The number of nitrogens with zero attached hydrogens (tertiary/aromatic N) is 2. The second-order valence-electron chi connectivity index (χ2n) is 5.29. The fourth-order valence-corrected chi connectivity index (χ4v) is 3.05. The van der Waals surface area contributed by atoms with E-state index in [9.17, 15) is 0 Å². The molecule has 2 N–H and O–H groups in total. The molecule has 19 heavy (non-hydrogen) atoms. The number of likely N-dealkylation sites (N-methyl/N-ethyl adjacent to an activating group) is 1. The van der Waals surface area contributed by atoms with E-state index in [0.717, 1.165) is 37.3 Å².